The number of anilines is 1. The van der Waals surface area contributed by atoms with Crippen LogP contribution >= 0.6 is 0 Å². The molecule has 0 unspecified atom stereocenters. The van der Waals surface area contributed by atoms with Gasteiger partial charge in [0.1, 0.15) is 5.82 Å². The maximum atomic E-state index is 5.52. The Morgan fingerprint density at radius 1 is 0.912 bits per heavy atom. The van der Waals surface area contributed by atoms with Gasteiger partial charge in [0.15, 0.2) is 17.1 Å². The summed E-state index contributed by atoms with van der Waals surface area (Å²) in [5, 5.41) is 5.03. The Hall–Kier alpha value is -3.54. The summed E-state index contributed by atoms with van der Waals surface area (Å²) in [6, 6.07) is 18.9. The molecule has 0 saturated carbocycles. The summed E-state index contributed by atoms with van der Waals surface area (Å²) in [5.41, 5.74) is 6.33. The minimum Gasteiger partial charge on any atom is -0.493 e. The molecular formula is C28H32N4O2. The van der Waals surface area contributed by atoms with Gasteiger partial charge in [-0.2, -0.15) is 9.61 Å². The molecule has 0 amide bonds. The number of rotatable bonds is 6. The van der Waals surface area contributed by atoms with E-state index in [-0.39, 0.29) is 0 Å². The minimum atomic E-state index is 0.696. The molecule has 1 fully saturated rings. The molecule has 1 aliphatic heterocycles. The van der Waals surface area contributed by atoms with Gasteiger partial charge in [0.25, 0.3) is 0 Å². The largest absolute Gasteiger partial charge is 0.493 e. The first-order valence-corrected chi connectivity index (χ1v) is 12.0. The molecule has 176 valence electrons. The summed E-state index contributed by atoms with van der Waals surface area (Å²) in [7, 11) is 3.30. The number of aromatic nitrogens is 3. The van der Waals surface area contributed by atoms with Crippen molar-refractivity contribution >= 4 is 11.5 Å². The van der Waals surface area contributed by atoms with E-state index in [4.69, 9.17) is 19.6 Å². The van der Waals surface area contributed by atoms with Gasteiger partial charge < -0.3 is 14.4 Å². The van der Waals surface area contributed by atoms with Crippen LogP contribution in [-0.4, -0.2) is 41.9 Å². The van der Waals surface area contributed by atoms with E-state index in [1.54, 1.807) is 14.2 Å². The number of hydrogen-bond acceptors (Lipinski definition) is 5. The summed E-state index contributed by atoms with van der Waals surface area (Å²) < 4.78 is 12.9. The molecule has 4 aromatic rings. The van der Waals surface area contributed by atoms with E-state index >= 15 is 0 Å². The van der Waals surface area contributed by atoms with Crippen molar-refractivity contribution in [3.05, 3.63) is 71.4 Å². The summed E-state index contributed by atoms with van der Waals surface area (Å²) in [5.74, 6) is 3.25. The topological polar surface area (TPSA) is 51.9 Å². The van der Waals surface area contributed by atoms with Crippen LogP contribution in [0.4, 0.5) is 5.82 Å². The van der Waals surface area contributed by atoms with Crippen LogP contribution in [0.25, 0.3) is 16.9 Å². The van der Waals surface area contributed by atoms with Crippen LogP contribution in [-0.2, 0) is 6.42 Å². The lowest BCUT2D eigenvalue weighted by Crippen LogP contribution is -2.35. The van der Waals surface area contributed by atoms with Crippen molar-refractivity contribution in [1.29, 1.82) is 0 Å². The summed E-state index contributed by atoms with van der Waals surface area (Å²) >= 11 is 0. The van der Waals surface area contributed by atoms with Gasteiger partial charge in [-0.05, 0) is 62.8 Å². The molecule has 0 aliphatic carbocycles. The van der Waals surface area contributed by atoms with Gasteiger partial charge in [0.2, 0.25) is 0 Å². The highest BCUT2D eigenvalue weighted by atomic mass is 16.5. The number of piperidine rings is 1. The quantitative estimate of drug-likeness (QED) is 0.384. The molecule has 0 radical (unpaired) electrons. The van der Waals surface area contributed by atoms with Crippen molar-refractivity contribution in [2.24, 2.45) is 5.92 Å². The number of nitrogens with zero attached hydrogens (tertiary/aromatic N) is 4. The molecule has 1 aliphatic rings. The van der Waals surface area contributed by atoms with E-state index in [1.807, 2.05) is 22.7 Å². The molecule has 1 saturated heterocycles. The Kier molecular flexibility index (Phi) is 6.14. The lowest BCUT2D eigenvalue weighted by atomic mass is 9.90. The first-order chi connectivity index (χ1) is 16.6. The third-order valence-electron chi connectivity index (χ3n) is 6.89. The molecule has 34 heavy (non-hydrogen) atoms. The van der Waals surface area contributed by atoms with E-state index in [0.29, 0.717) is 11.5 Å². The molecule has 2 aromatic carbocycles. The predicted octanol–water partition coefficient (Wildman–Crippen LogP) is 5.49. The third kappa shape index (κ3) is 4.20. The molecule has 2 aromatic heterocycles. The van der Waals surface area contributed by atoms with Gasteiger partial charge in [-0.1, -0.05) is 30.3 Å². The van der Waals surface area contributed by atoms with Crippen LogP contribution in [0.1, 0.15) is 29.7 Å². The van der Waals surface area contributed by atoms with E-state index in [0.717, 1.165) is 59.4 Å². The second-order valence-corrected chi connectivity index (χ2v) is 9.15. The van der Waals surface area contributed by atoms with Crippen LogP contribution in [0, 0.1) is 19.8 Å². The van der Waals surface area contributed by atoms with Gasteiger partial charge in [0, 0.05) is 36.0 Å². The van der Waals surface area contributed by atoms with Crippen molar-refractivity contribution < 1.29 is 9.47 Å². The van der Waals surface area contributed by atoms with Gasteiger partial charge in [0.05, 0.1) is 19.9 Å². The van der Waals surface area contributed by atoms with Crippen LogP contribution < -0.4 is 14.4 Å². The Bertz CT molecular complexity index is 1290. The highest BCUT2D eigenvalue weighted by Gasteiger charge is 2.24. The first kappa shape index (κ1) is 22.3. The monoisotopic (exact) mass is 456 g/mol. The van der Waals surface area contributed by atoms with E-state index in [9.17, 15) is 0 Å². The molecule has 6 nitrogen and oxygen atoms in total. The molecule has 0 N–H and O–H groups in total. The lowest BCUT2D eigenvalue weighted by Gasteiger charge is -2.33. The molecular weight excluding hydrogens is 424 g/mol. The maximum absolute atomic E-state index is 5.52. The van der Waals surface area contributed by atoms with Gasteiger partial charge >= 0.3 is 0 Å². The highest BCUT2D eigenvalue weighted by molar-refractivity contribution is 5.73. The van der Waals surface area contributed by atoms with Gasteiger partial charge in [-0.15, -0.1) is 0 Å². The fourth-order valence-electron chi connectivity index (χ4n) is 5.02. The zero-order chi connectivity index (χ0) is 23.7. The number of hydrogen-bond donors (Lipinski definition) is 0. The Morgan fingerprint density at radius 2 is 1.65 bits per heavy atom. The number of methoxy groups -OCH3 is 2. The standard InChI is InChI=1S/C28H32N4O2/c1-19-16-26(31-14-12-22(13-15-31)17-21-8-6-5-7-9-21)32-28(29-19)20(2)27(30-32)23-10-11-24(33-3)25(18-23)34-4/h5-11,16,18,22H,12-15,17H2,1-4H3. The average molecular weight is 457 g/mol. The Morgan fingerprint density at radius 3 is 2.35 bits per heavy atom. The van der Waals surface area contributed by atoms with Gasteiger partial charge in [-0.25, -0.2) is 4.98 Å². The zero-order valence-electron chi connectivity index (χ0n) is 20.4. The molecule has 0 spiro atoms. The second kappa shape index (κ2) is 9.37. The second-order valence-electron chi connectivity index (χ2n) is 9.15. The average Bonchev–Trinajstić information content (AvgIpc) is 3.20. The smallest absolute Gasteiger partial charge is 0.161 e. The van der Waals surface area contributed by atoms with Crippen molar-refractivity contribution in [2.45, 2.75) is 33.1 Å². The van der Waals surface area contributed by atoms with Gasteiger partial charge in [-0.3, -0.25) is 0 Å². The number of aryl methyl sites for hydroxylation is 2. The first-order valence-electron chi connectivity index (χ1n) is 12.0. The third-order valence-corrected chi connectivity index (χ3v) is 6.89. The van der Waals surface area contributed by atoms with Crippen molar-refractivity contribution in [1.82, 2.24) is 14.6 Å². The zero-order valence-corrected chi connectivity index (χ0v) is 20.4. The number of benzene rings is 2. The maximum Gasteiger partial charge on any atom is 0.161 e. The predicted molar refractivity (Wildman–Crippen MR) is 136 cm³/mol. The van der Waals surface area contributed by atoms with Crippen LogP contribution in [0.2, 0.25) is 0 Å². The molecule has 6 heteroatoms. The summed E-state index contributed by atoms with van der Waals surface area (Å²) in [6.45, 7) is 6.21. The fourth-order valence-corrected chi connectivity index (χ4v) is 5.02. The fraction of sp³-hybridized carbons (Fsp3) is 0.357. The molecule has 3 heterocycles. The van der Waals surface area contributed by atoms with E-state index in [2.05, 4.69) is 55.1 Å². The van der Waals surface area contributed by atoms with Crippen LogP contribution in [0.5, 0.6) is 11.5 Å². The molecule has 0 bridgehead atoms. The highest BCUT2D eigenvalue weighted by Crippen LogP contribution is 2.35. The van der Waals surface area contributed by atoms with Crippen molar-refractivity contribution in [3.63, 3.8) is 0 Å². The summed E-state index contributed by atoms with van der Waals surface area (Å²) in [6.07, 6.45) is 3.52. The number of fused-ring (bicyclic) bond motifs is 1. The normalized spacial score (nSPS) is 14.5. The SMILES string of the molecule is COc1ccc(-c2nn3c(N4CCC(Cc5ccccc5)CC4)cc(C)nc3c2C)cc1OC. The molecule has 5 rings (SSSR count). The van der Waals surface area contributed by atoms with E-state index in [1.165, 1.54) is 18.4 Å². The lowest BCUT2D eigenvalue weighted by molar-refractivity contribution is 0.355. The Balaban J connectivity index is 1.44. The Labute approximate surface area is 201 Å². The van der Waals surface area contributed by atoms with E-state index < -0.39 is 0 Å². The summed E-state index contributed by atoms with van der Waals surface area (Å²) in [4.78, 5) is 7.31. The number of ether oxygens (including phenoxy) is 2. The molecule has 0 atom stereocenters. The van der Waals surface area contributed by atoms with Crippen LogP contribution in [0.15, 0.2) is 54.6 Å². The van der Waals surface area contributed by atoms with Crippen molar-refractivity contribution in [2.75, 3.05) is 32.2 Å². The van der Waals surface area contributed by atoms with Crippen LogP contribution in [0.3, 0.4) is 0 Å². The van der Waals surface area contributed by atoms with Crippen molar-refractivity contribution in [3.8, 4) is 22.8 Å². The minimum absolute atomic E-state index is 0.696.